The third-order valence-corrected chi connectivity index (χ3v) is 12.5. The van der Waals surface area contributed by atoms with Crippen molar-refractivity contribution in [1.29, 1.82) is 0 Å². The summed E-state index contributed by atoms with van der Waals surface area (Å²) in [6.45, 7) is 14.4. The Bertz CT molecular complexity index is 2590. The Morgan fingerprint density at radius 3 is 2.42 bits per heavy atom. The second kappa shape index (κ2) is 16.3. The van der Waals surface area contributed by atoms with Crippen LogP contribution in [0.1, 0.15) is 79.2 Å². The summed E-state index contributed by atoms with van der Waals surface area (Å²) in [5, 5.41) is 40.7. The molecule has 3 aliphatic heterocycles. The van der Waals surface area contributed by atoms with Gasteiger partial charge < -0.3 is 44.7 Å². The zero-order valence-corrected chi connectivity index (χ0v) is 35.1. The van der Waals surface area contributed by atoms with Gasteiger partial charge in [0.1, 0.15) is 22.7 Å². The highest BCUT2D eigenvalue weighted by Gasteiger charge is 2.43. The first-order valence-electron chi connectivity index (χ1n) is 20.7. The van der Waals surface area contributed by atoms with E-state index in [0.29, 0.717) is 42.7 Å². The van der Waals surface area contributed by atoms with Gasteiger partial charge in [-0.25, -0.2) is 4.98 Å². The SMILES string of the molecule is CNC1CCN(c2cc(=O)c3nc4c(oc3c2)c2c(=O)c3c(O)c(C)c5c(c34)=C(O)[C@@](C)(O/C=C/C[C@@H](C)[C@@H](O)[C@H](C)C[C@H](C)C[C@@H](C)/C=C/C=C(/C)C(=O)N2)O5)CC1. The largest absolute Gasteiger partial charge is 0.507 e. The zero-order chi connectivity index (χ0) is 42.5. The van der Waals surface area contributed by atoms with Crippen molar-refractivity contribution in [2.45, 2.75) is 98.5 Å². The molecule has 0 unspecified atom stereocenters. The van der Waals surface area contributed by atoms with Crippen LogP contribution in [0.3, 0.4) is 0 Å². The monoisotopic (exact) mass is 808 g/mol. The van der Waals surface area contributed by atoms with Crippen LogP contribution in [0.4, 0.5) is 11.4 Å². The predicted octanol–water partition coefficient (Wildman–Crippen LogP) is 6.61. The average Bonchev–Trinajstić information content (AvgIpc) is 3.47. The number of rotatable bonds is 2. The second-order valence-electron chi connectivity index (χ2n) is 17.2. The number of phenols is 1. The molecule has 6 atom stereocenters. The summed E-state index contributed by atoms with van der Waals surface area (Å²) in [4.78, 5) is 49.4. The number of fused-ring (bicyclic) bond motifs is 5. The van der Waals surface area contributed by atoms with E-state index in [0.717, 1.165) is 25.7 Å². The molecule has 1 saturated heterocycles. The predicted molar refractivity (Wildman–Crippen MR) is 231 cm³/mol. The van der Waals surface area contributed by atoms with Crippen LogP contribution in [0.15, 0.2) is 62.3 Å². The van der Waals surface area contributed by atoms with Crippen molar-refractivity contribution in [3.05, 3.63) is 79.5 Å². The molecule has 13 nitrogen and oxygen atoms in total. The molecule has 1 amide bonds. The van der Waals surface area contributed by atoms with E-state index in [-0.39, 0.29) is 72.9 Å². The lowest BCUT2D eigenvalue weighted by Crippen LogP contribution is -2.41. The summed E-state index contributed by atoms with van der Waals surface area (Å²) >= 11 is 0. The van der Waals surface area contributed by atoms with Crippen LogP contribution in [0.2, 0.25) is 0 Å². The Hall–Kier alpha value is -5.40. The maximum absolute atomic E-state index is 14.7. The van der Waals surface area contributed by atoms with Gasteiger partial charge in [0.2, 0.25) is 10.9 Å². The molecule has 4 aromatic rings. The molecule has 1 aromatic heterocycles. The van der Waals surface area contributed by atoms with Crippen LogP contribution in [0, 0.1) is 30.6 Å². The maximum Gasteiger partial charge on any atom is 0.307 e. The number of piperidine rings is 1. The standard InChI is InChI=1S/C46H56N4O9/c1-23-11-9-12-26(4)45(56)49-38-41(54)34-33(37-43(38)58-32-22-30(21-31(51)36(32)48-37)50-16-14-29(47-8)15-17-50)35-42(28(6)40(34)53)59-46(7,44(35)55)57-18-10-13-25(3)39(52)27(5)20-24(2)19-23/h9-12,18,21-25,27,29,39,47,52-53,55H,13-17,19-20H2,1-8H3,(H,49,56)/b11-9+,18-10+,26-12-/t23-,24+,25+,27+,39+,46-/m0/s1. The summed E-state index contributed by atoms with van der Waals surface area (Å²) < 4.78 is 18.8. The van der Waals surface area contributed by atoms with Gasteiger partial charge in [-0.05, 0) is 82.7 Å². The van der Waals surface area contributed by atoms with E-state index >= 15 is 0 Å². The maximum atomic E-state index is 14.7. The first kappa shape index (κ1) is 41.7. The second-order valence-corrected chi connectivity index (χ2v) is 17.2. The van der Waals surface area contributed by atoms with Crippen molar-refractivity contribution in [3.63, 3.8) is 0 Å². The molecule has 0 spiro atoms. The van der Waals surface area contributed by atoms with Gasteiger partial charge in [0.05, 0.1) is 23.0 Å². The molecule has 1 fully saturated rings. The molecule has 7 rings (SSSR count). The number of aliphatic hydroxyl groups excluding tert-OH is 2. The van der Waals surface area contributed by atoms with Crippen LogP contribution < -0.4 is 36.3 Å². The van der Waals surface area contributed by atoms with Gasteiger partial charge in [0.15, 0.2) is 22.4 Å². The molecule has 0 radical (unpaired) electrons. The number of aromatic nitrogens is 1. The number of benzene rings is 3. The molecule has 0 saturated carbocycles. The Morgan fingerprint density at radius 1 is 0.983 bits per heavy atom. The van der Waals surface area contributed by atoms with Crippen molar-refractivity contribution in [2.24, 2.45) is 23.7 Å². The number of hydrogen-bond donors (Lipinski definition) is 5. The minimum atomic E-state index is -1.80. The third-order valence-electron chi connectivity index (χ3n) is 12.5. The molecule has 13 heteroatoms. The number of aliphatic hydroxyl groups is 2. The molecule has 59 heavy (non-hydrogen) atoms. The normalized spacial score (nSPS) is 28.4. The Kier molecular flexibility index (Phi) is 11.6. The Labute approximate surface area is 343 Å². The molecule has 4 heterocycles. The Morgan fingerprint density at radius 2 is 1.71 bits per heavy atom. The van der Waals surface area contributed by atoms with E-state index in [9.17, 15) is 29.7 Å². The van der Waals surface area contributed by atoms with Gasteiger partial charge >= 0.3 is 5.79 Å². The van der Waals surface area contributed by atoms with E-state index in [1.54, 1.807) is 25.1 Å². The lowest BCUT2D eigenvalue weighted by atomic mass is 9.83. The van der Waals surface area contributed by atoms with Crippen molar-refractivity contribution >= 4 is 56.0 Å². The van der Waals surface area contributed by atoms with Crippen LogP contribution in [-0.2, 0) is 9.53 Å². The summed E-state index contributed by atoms with van der Waals surface area (Å²) in [5.41, 5.74) is -0.568. The van der Waals surface area contributed by atoms with Gasteiger partial charge in [-0.1, -0.05) is 45.9 Å². The smallest absolute Gasteiger partial charge is 0.307 e. The lowest BCUT2D eigenvalue weighted by molar-refractivity contribution is -0.112. The highest BCUT2D eigenvalue weighted by Crippen LogP contribution is 2.42. The number of aromatic hydroxyl groups is 1. The number of ether oxygens (including phenoxy) is 2. The van der Waals surface area contributed by atoms with Crippen molar-refractivity contribution < 1.29 is 34.0 Å². The van der Waals surface area contributed by atoms with E-state index in [1.807, 2.05) is 26.1 Å². The van der Waals surface area contributed by atoms with Crippen LogP contribution in [0.5, 0.6) is 11.5 Å². The summed E-state index contributed by atoms with van der Waals surface area (Å²) in [5.74, 6) is -2.74. The quantitative estimate of drug-likeness (QED) is 0.108. The van der Waals surface area contributed by atoms with Gasteiger partial charge in [0, 0.05) is 60.4 Å². The fourth-order valence-electron chi connectivity index (χ4n) is 8.98. The molecule has 314 valence electrons. The number of phenolic OH excluding ortho intramolecular Hbond substituents is 1. The minimum Gasteiger partial charge on any atom is -0.507 e. The molecule has 5 N–H and O–H groups in total. The first-order chi connectivity index (χ1) is 28.0. The third kappa shape index (κ3) is 7.78. The van der Waals surface area contributed by atoms with Crippen molar-refractivity contribution in [3.8, 4) is 11.5 Å². The average molecular weight is 809 g/mol. The van der Waals surface area contributed by atoms with Crippen molar-refractivity contribution in [1.82, 2.24) is 10.3 Å². The molecule has 0 aliphatic carbocycles. The number of hydrogen-bond acceptors (Lipinski definition) is 12. The number of amides is 1. The number of carbonyl (C=O) groups is 1. The number of carbonyl (C=O) groups excluding carboxylic acids is 1. The molecule has 5 bridgehead atoms. The van der Waals surface area contributed by atoms with Crippen LogP contribution >= 0.6 is 0 Å². The summed E-state index contributed by atoms with van der Waals surface area (Å²) in [6, 6.07) is 3.58. The molecular weight excluding hydrogens is 753 g/mol. The molecule has 3 aliphatic rings. The summed E-state index contributed by atoms with van der Waals surface area (Å²) in [6.07, 6.45) is 12.1. The highest BCUT2D eigenvalue weighted by atomic mass is 16.7. The molecule has 3 aromatic carbocycles. The molecular formula is C46H56N4O9. The van der Waals surface area contributed by atoms with Crippen LogP contribution in [-0.4, -0.2) is 64.3 Å². The Balaban J connectivity index is 1.46. The van der Waals surface area contributed by atoms with E-state index in [1.165, 1.54) is 26.2 Å². The fourth-order valence-corrected chi connectivity index (χ4v) is 8.98. The highest BCUT2D eigenvalue weighted by molar-refractivity contribution is 6.16. The lowest BCUT2D eigenvalue weighted by Gasteiger charge is -2.33. The number of anilines is 2. The minimum absolute atomic E-state index is 0.0289. The van der Waals surface area contributed by atoms with E-state index in [2.05, 4.69) is 36.3 Å². The van der Waals surface area contributed by atoms with Gasteiger partial charge in [-0.2, -0.15) is 0 Å². The number of allylic oxidation sites excluding steroid dienone is 4. The topological polar surface area (TPSA) is 184 Å². The fraction of sp³-hybridized carbons (Fsp3) is 0.478. The van der Waals surface area contributed by atoms with E-state index in [4.69, 9.17) is 18.9 Å². The first-order valence-corrected chi connectivity index (χ1v) is 20.7. The van der Waals surface area contributed by atoms with Crippen LogP contribution in [0.25, 0.3) is 38.7 Å². The van der Waals surface area contributed by atoms with Gasteiger partial charge in [0.25, 0.3) is 5.91 Å². The van der Waals surface area contributed by atoms with E-state index < -0.39 is 40.2 Å². The van der Waals surface area contributed by atoms with Crippen molar-refractivity contribution in [2.75, 3.05) is 30.4 Å². The number of nitrogens with one attached hydrogen (secondary N) is 2. The zero-order valence-electron chi connectivity index (χ0n) is 35.1. The van der Waals surface area contributed by atoms with Gasteiger partial charge in [-0.15, -0.1) is 0 Å². The van der Waals surface area contributed by atoms with Gasteiger partial charge in [-0.3, -0.25) is 14.4 Å². The number of nitrogens with zero attached hydrogens (tertiary/aromatic N) is 2. The summed E-state index contributed by atoms with van der Waals surface area (Å²) in [7, 11) is 1.93.